The highest BCUT2D eigenvalue weighted by molar-refractivity contribution is 6.30. The van der Waals surface area contributed by atoms with Gasteiger partial charge in [0.2, 0.25) is 0 Å². The Morgan fingerprint density at radius 1 is 1.25 bits per heavy atom. The number of rotatable bonds is 5. The van der Waals surface area contributed by atoms with Gasteiger partial charge in [0.05, 0.1) is 0 Å². The van der Waals surface area contributed by atoms with Crippen molar-refractivity contribution in [3.63, 3.8) is 0 Å². The average molecular weight is 291 g/mol. The van der Waals surface area contributed by atoms with E-state index < -0.39 is 5.82 Å². The number of nitrogens with one attached hydrogen (secondary N) is 1. The van der Waals surface area contributed by atoms with Crippen LogP contribution in [0.1, 0.15) is 5.56 Å². The molecule has 0 bridgehead atoms. The summed E-state index contributed by atoms with van der Waals surface area (Å²) in [4.78, 5) is 0. The quantitative estimate of drug-likeness (QED) is 0.905. The number of ether oxygens (including phenoxy) is 1. The Kier molecular flexibility index (Phi) is 4.80. The predicted octanol–water partition coefficient (Wildman–Crippen LogP) is 3.99. The van der Waals surface area contributed by atoms with E-state index in [0.29, 0.717) is 23.0 Å². The second kappa shape index (κ2) is 6.78. The van der Waals surface area contributed by atoms with E-state index in [-0.39, 0.29) is 6.61 Å². The highest BCUT2D eigenvalue weighted by Gasteiger charge is 2.04. The minimum Gasteiger partial charge on any atom is -0.478 e. The standard InChI is InChI=1S/C15H12ClFN2O/c16-12-7-13(17)9-14(8-12)19-10-11-3-1-2-4-15(11)20-6-5-18/h1-4,7-9,19H,6,10H2. The Morgan fingerprint density at radius 2 is 2.05 bits per heavy atom. The van der Waals surface area contributed by atoms with Gasteiger partial charge in [-0.3, -0.25) is 0 Å². The highest BCUT2D eigenvalue weighted by Crippen LogP contribution is 2.22. The fourth-order valence-corrected chi connectivity index (χ4v) is 1.98. The molecule has 1 N–H and O–H groups in total. The van der Waals surface area contributed by atoms with Crippen molar-refractivity contribution in [3.05, 3.63) is 58.9 Å². The van der Waals surface area contributed by atoms with Gasteiger partial charge >= 0.3 is 0 Å². The molecule has 0 aromatic heterocycles. The molecule has 0 aliphatic carbocycles. The van der Waals surface area contributed by atoms with Crippen LogP contribution in [0.4, 0.5) is 10.1 Å². The largest absolute Gasteiger partial charge is 0.478 e. The maximum Gasteiger partial charge on any atom is 0.174 e. The molecule has 5 heteroatoms. The summed E-state index contributed by atoms with van der Waals surface area (Å²) >= 11 is 5.79. The van der Waals surface area contributed by atoms with Crippen molar-refractivity contribution in [2.45, 2.75) is 6.54 Å². The summed E-state index contributed by atoms with van der Waals surface area (Å²) in [5.41, 5.74) is 1.47. The Hall–Kier alpha value is -2.25. The van der Waals surface area contributed by atoms with E-state index in [4.69, 9.17) is 21.6 Å². The van der Waals surface area contributed by atoms with Crippen molar-refractivity contribution in [2.75, 3.05) is 11.9 Å². The summed E-state index contributed by atoms with van der Waals surface area (Å²) in [6.07, 6.45) is 0. The van der Waals surface area contributed by atoms with Gasteiger partial charge < -0.3 is 10.1 Å². The fraction of sp³-hybridized carbons (Fsp3) is 0.133. The van der Waals surface area contributed by atoms with Crippen LogP contribution in [-0.2, 0) is 6.54 Å². The average Bonchev–Trinajstić information content (AvgIpc) is 2.43. The van der Waals surface area contributed by atoms with Crippen molar-refractivity contribution in [2.24, 2.45) is 0 Å². The van der Waals surface area contributed by atoms with Gasteiger partial charge in [-0.15, -0.1) is 0 Å². The first-order chi connectivity index (χ1) is 9.69. The summed E-state index contributed by atoms with van der Waals surface area (Å²) in [5.74, 6) is 0.234. The molecule has 0 aliphatic heterocycles. The molecule has 0 fully saturated rings. The SMILES string of the molecule is N#CCOc1ccccc1CNc1cc(F)cc(Cl)c1. The monoisotopic (exact) mass is 290 g/mol. The Bertz CT molecular complexity index is 620. The smallest absolute Gasteiger partial charge is 0.174 e. The molecule has 102 valence electrons. The molecule has 0 amide bonds. The van der Waals surface area contributed by atoms with Crippen molar-refractivity contribution in [1.29, 1.82) is 5.26 Å². The third kappa shape index (κ3) is 3.87. The van der Waals surface area contributed by atoms with Crippen LogP contribution in [0.3, 0.4) is 0 Å². The van der Waals surface area contributed by atoms with Crippen molar-refractivity contribution < 1.29 is 9.13 Å². The Morgan fingerprint density at radius 3 is 2.80 bits per heavy atom. The van der Waals surface area contributed by atoms with Crippen LogP contribution in [0, 0.1) is 17.1 Å². The maximum absolute atomic E-state index is 13.2. The van der Waals surface area contributed by atoms with E-state index in [0.717, 1.165) is 5.56 Å². The lowest BCUT2D eigenvalue weighted by molar-refractivity contribution is 0.364. The molecule has 2 aromatic carbocycles. The van der Waals surface area contributed by atoms with Gasteiger partial charge in [-0.25, -0.2) is 4.39 Å². The molecule has 2 aromatic rings. The van der Waals surface area contributed by atoms with E-state index >= 15 is 0 Å². The number of nitriles is 1. The summed E-state index contributed by atoms with van der Waals surface area (Å²) in [7, 11) is 0. The van der Waals surface area contributed by atoms with Gasteiger partial charge in [-0.2, -0.15) is 5.26 Å². The van der Waals surface area contributed by atoms with Crippen molar-refractivity contribution in [3.8, 4) is 11.8 Å². The third-order valence-corrected chi connectivity index (χ3v) is 2.83. The van der Waals surface area contributed by atoms with Gasteiger partial charge in [0.1, 0.15) is 17.6 Å². The number of hydrogen-bond acceptors (Lipinski definition) is 3. The van der Waals surface area contributed by atoms with Crippen LogP contribution in [0.15, 0.2) is 42.5 Å². The number of benzene rings is 2. The number of nitrogens with zero attached hydrogens (tertiary/aromatic N) is 1. The molecule has 3 nitrogen and oxygen atoms in total. The summed E-state index contributed by atoms with van der Waals surface area (Å²) < 4.78 is 18.5. The number of hydrogen-bond donors (Lipinski definition) is 1. The lowest BCUT2D eigenvalue weighted by Gasteiger charge is -2.11. The molecule has 0 atom stereocenters. The predicted molar refractivity (Wildman–Crippen MR) is 76.3 cm³/mol. The van der Waals surface area contributed by atoms with E-state index in [2.05, 4.69) is 5.32 Å². The van der Waals surface area contributed by atoms with Crippen LogP contribution in [0.25, 0.3) is 0 Å². The molecular weight excluding hydrogens is 279 g/mol. The Balaban J connectivity index is 2.08. The summed E-state index contributed by atoms with van der Waals surface area (Å²) in [6, 6.07) is 13.5. The second-order valence-corrected chi connectivity index (χ2v) is 4.50. The van der Waals surface area contributed by atoms with Crippen molar-refractivity contribution >= 4 is 17.3 Å². The minimum atomic E-state index is -0.394. The lowest BCUT2D eigenvalue weighted by Crippen LogP contribution is -2.03. The number of anilines is 1. The first-order valence-corrected chi connectivity index (χ1v) is 6.34. The van der Waals surface area contributed by atoms with E-state index in [9.17, 15) is 4.39 Å². The van der Waals surface area contributed by atoms with Crippen molar-refractivity contribution in [1.82, 2.24) is 0 Å². The zero-order chi connectivity index (χ0) is 14.4. The number of para-hydroxylation sites is 1. The normalized spacial score (nSPS) is 9.85. The van der Waals surface area contributed by atoms with Crippen LogP contribution in [-0.4, -0.2) is 6.61 Å². The van der Waals surface area contributed by atoms with Crippen LogP contribution >= 0.6 is 11.6 Å². The Labute approximate surface area is 121 Å². The second-order valence-electron chi connectivity index (χ2n) is 4.07. The van der Waals surface area contributed by atoms with Crippen LogP contribution in [0.5, 0.6) is 5.75 Å². The van der Waals surface area contributed by atoms with Gasteiger partial charge in [0.15, 0.2) is 6.61 Å². The molecule has 20 heavy (non-hydrogen) atoms. The zero-order valence-corrected chi connectivity index (χ0v) is 11.3. The topological polar surface area (TPSA) is 45.0 Å². The van der Waals surface area contributed by atoms with E-state index in [1.807, 2.05) is 24.3 Å². The fourth-order valence-electron chi connectivity index (χ4n) is 1.75. The lowest BCUT2D eigenvalue weighted by atomic mass is 10.2. The highest BCUT2D eigenvalue weighted by atomic mass is 35.5. The maximum atomic E-state index is 13.2. The summed E-state index contributed by atoms with van der Waals surface area (Å²) in [6.45, 7) is 0.435. The van der Waals surface area contributed by atoms with Gasteiger partial charge in [-0.1, -0.05) is 29.8 Å². The van der Waals surface area contributed by atoms with Gasteiger partial charge in [0.25, 0.3) is 0 Å². The minimum absolute atomic E-state index is 0.0111. The molecule has 0 heterocycles. The van der Waals surface area contributed by atoms with Gasteiger partial charge in [0, 0.05) is 22.8 Å². The van der Waals surface area contributed by atoms with E-state index in [1.54, 1.807) is 12.1 Å². The first-order valence-electron chi connectivity index (χ1n) is 5.96. The van der Waals surface area contributed by atoms with Crippen LogP contribution in [0.2, 0.25) is 5.02 Å². The molecular formula is C15H12ClFN2O. The van der Waals surface area contributed by atoms with E-state index in [1.165, 1.54) is 12.1 Å². The molecule has 0 saturated heterocycles. The van der Waals surface area contributed by atoms with Crippen LogP contribution < -0.4 is 10.1 Å². The summed E-state index contributed by atoms with van der Waals surface area (Å²) in [5, 5.41) is 11.9. The molecule has 0 unspecified atom stereocenters. The van der Waals surface area contributed by atoms with Gasteiger partial charge in [-0.05, 0) is 24.3 Å². The first kappa shape index (κ1) is 14.2. The third-order valence-electron chi connectivity index (χ3n) is 2.61. The molecule has 0 radical (unpaired) electrons. The zero-order valence-electron chi connectivity index (χ0n) is 10.6. The molecule has 2 rings (SSSR count). The molecule has 0 saturated carbocycles. The molecule has 0 aliphatic rings. The number of halogens is 2. The molecule has 0 spiro atoms.